The number of fused-ring (bicyclic) bond motifs is 4. The van der Waals surface area contributed by atoms with Gasteiger partial charge in [-0.3, -0.25) is 9.69 Å². The van der Waals surface area contributed by atoms with Crippen molar-refractivity contribution in [2.45, 2.75) is 32.5 Å². The van der Waals surface area contributed by atoms with Gasteiger partial charge >= 0.3 is 0 Å². The molecule has 8 heteroatoms. The van der Waals surface area contributed by atoms with Gasteiger partial charge in [-0.1, -0.05) is 35.4 Å². The summed E-state index contributed by atoms with van der Waals surface area (Å²) in [6.07, 6.45) is 0. The van der Waals surface area contributed by atoms with E-state index in [-0.39, 0.29) is 5.91 Å². The molecule has 2 heterocycles. The molecule has 1 fully saturated rings. The van der Waals surface area contributed by atoms with Gasteiger partial charge in [0.05, 0.1) is 13.2 Å². The lowest BCUT2D eigenvalue weighted by Crippen LogP contribution is -2.72. The summed E-state index contributed by atoms with van der Waals surface area (Å²) >= 11 is 12.1. The molecular weight excluding hydrogens is 482 g/mol. The van der Waals surface area contributed by atoms with E-state index in [1.165, 1.54) is 0 Å². The monoisotopic (exact) mass is 507 g/mol. The topological polar surface area (TPSA) is 62.8 Å². The van der Waals surface area contributed by atoms with E-state index in [4.69, 9.17) is 33.3 Å². The van der Waals surface area contributed by atoms with Gasteiger partial charge in [0.2, 0.25) is 5.91 Å². The molecule has 3 aromatic rings. The summed E-state index contributed by atoms with van der Waals surface area (Å²) in [5, 5.41) is 7.55. The average molecular weight is 508 g/mol. The summed E-state index contributed by atoms with van der Waals surface area (Å²) < 4.78 is 12.1. The van der Waals surface area contributed by atoms with Crippen LogP contribution in [0.25, 0.3) is 0 Å². The first-order valence-corrected chi connectivity index (χ1v) is 12.1. The maximum Gasteiger partial charge on any atom is 0.236 e. The molecule has 2 aliphatic heterocycles. The standard InChI is InChI=1S/C27H26ClN3O3S/c1-15-8-10-21(16(2)12-15)29-25(32)23-24-20-14-19(33-4)9-11-22(20)34-27(23,3)31(26(35)30-24)18-7-5-6-17(28)13-18/h5-14,23-24H,1-4H3,(H,29,32)(H,30,35)/t23-,24+,27-/m0/s1. The van der Waals surface area contributed by atoms with E-state index in [9.17, 15) is 4.79 Å². The SMILES string of the molecule is COc1ccc2c(c1)[C@H]1NC(=S)N(c3cccc(Cl)c3)[C@@](C)(O2)[C@@H]1C(=O)Nc1ccc(C)cc1C. The Hall–Kier alpha value is -3.29. The lowest BCUT2D eigenvalue weighted by atomic mass is 9.78. The Morgan fingerprint density at radius 3 is 2.69 bits per heavy atom. The summed E-state index contributed by atoms with van der Waals surface area (Å²) in [6, 6.07) is 18.5. The van der Waals surface area contributed by atoms with Crippen molar-refractivity contribution < 1.29 is 14.3 Å². The van der Waals surface area contributed by atoms with Gasteiger partial charge in [-0.2, -0.15) is 0 Å². The average Bonchev–Trinajstić information content (AvgIpc) is 2.80. The van der Waals surface area contributed by atoms with Crippen LogP contribution in [0.3, 0.4) is 0 Å². The van der Waals surface area contributed by atoms with E-state index in [1.54, 1.807) is 13.2 Å². The maximum absolute atomic E-state index is 14.0. The zero-order valence-electron chi connectivity index (χ0n) is 19.9. The zero-order valence-corrected chi connectivity index (χ0v) is 21.5. The van der Waals surface area contributed by atoms with Crippen LogP contribution in [0.2, 0.25) is 5.02 Å². The number of nitrogens with one attached hydrogen (secondary N) is 2. The Kier molecular flexibility index (Phi) is 5.85. The third kappa shape index (κ3) is 3.98. The molecular formula is C27H26ClN3O3S. The number of anilines is 2. The highest BCUT2D eigenvalue weighted by Gasteiger charge is 2.59. The molecule has 2 bridgehead atoms. The summed E-state index contributed by atoms with van der Waals surface area (Å²) in [6.45, 7) is 5.90. The van der Waals surface area contributed by atoms with Crippen LogP contribution >= 0.6 is 23.8 Å². The summed E-state index contributed by atoms with van der Waals surface area (Å²) in [5.41, 5.74) is 3.30. The second kappa shape index (κ2) is 8.73. The molecule has 0 aromatic heterocycles. The Morgan fingerprint density at radius 2 is 1.97 bits per heavy atom. The van der Waals surface area contributed by atoms with Crippen LogP contribution in [0.4, 0.5) is 11.4 Å². The Morgan fingerprint density at radius 1 is 1.17 bits per heavy atom. The Bertz CT molecular complexity index is 1350. The fourth-order valence-electron chi connectivity index (χ4n) is 5.06. The summed E-state index contributed by atoms with van der Waals surface area (Å²) in [5.74, 6) is 0.499. The molecule has 180 valence electrons. The van der Waals surface area contributed by atoms with Gasteiger partial charge in [0, 0.05) is 22.0 Å². The molecule has 1 saturated heterocycles. The molecule has 5 rings (SSSR count). The van der Waals surface area contributed by atoms with E-state index >= 15 is 0 Å². The van der Waals surface area contributed by atoms with Gasteiger partial charge in [0.15, 0.2) is 10.8 Å². The van der Waals surface area contributed by atoms with Crippen molar-refractivity contribution in [2.24, 2.45) is 5.92 Å². The molecule has 6 nitrogen and oxygen atoms in total. The molecule has 2 aliphatic rings. The van der Waals surface area contributed by atoms with Gasteiger partial charge in [-0.15, -0.1) is 0 Å². The lowest BCUT2D eigenvalue weighted by Gasteiger charge is -2.56. The number of carbonyl (C=O) groups is 1. The van der Waals surface area contributed by atoms with Gasteiger partial charge in [0.1, 0.15) is 17.4 Å². The van der Waals surface area contributed by atoms with Gasteiger partial charge in [-0.25, -0.2) is 0 Å². The number of hydrogen-bond acceptors (Lipinski definition) is 4. The molecule has 0 unspecified atom stereocenters. The number of ether oxygens (including phenoxy) is 2. The molecule has 3 atom stereocenters. The fourth-order valence-corrected chi connectivity index (χ4v) is 5.66. The van der Waals surface area contributed by atoms with Crippen molar-refractivity contribution in [3.8, 4) is 11.5 Å². The van der Waals surface area contributed by atoms with Crippen LogP contribution < -0.4 is 25.0 Å². The molecule has 0 radical (unpaired) electrons. The Balaban J connectivity index is 1.64. The minimum atomic E-state index is -1.12. The number of aryl methyl sites for hydroxylation is 2. The van der Waals surface area contributed by atoms with Gasteiger partial charge in [-0.05, 0) is 81.0 Å². The van der Waals surface area contributed by atoms with E-state index in [0.717, 1.165) is 28.1 Å². The second-order valence-electron chi connectivity index (χ2n) is 9.09. The second-order valence-corrected chi connectivity index (χ2v) is 9.91. The highest BCUT2D eigenvalue weighted by molar-refractivity contribution is 7.80. The first kappa shape index (κ1) is 23.5. The van der Waals surface area contributed by atoms with Gasteiger partial charge < -0.3 is 20.1 Å². The number of carbonyl (C=O) groups excluding carboxylic acids is 1. The number of benzene rings is 3. The third-order valence-corrected chi connectivity index (χ3v) is 7.23. The van der Waals surface area contributed by atoms with Crippen LogP contribution in [-0.4, -0.2) is 23.9 Å². The molecule has 3 aromatic carbocycles. The van der Waals surface area contributed by atoms with Crippen LogP contribution in [0.15, 0.2) is 60.7 Å². The van der Waals surface area contributed by atoms with E-state index in [2.05, 4.69) is 10.6 Å². The normalized spacial score (nSPS) is 22.5. The zero-order chi connectivity index (χ0) is 24.9. The van der Waals surface area contributed by atoms with Gasteiger partial charge in [0.25, 0.3) is 0 Å². The number of rotatable bonds is 4. The minimum Gasteiger partial charge on any atom is -0.497 e. The predicted octanol–water partition coefficient (Wildman–Crippen LogP) is 5.76. The number of halogens is 1. The van der Waals surface area contributed by atoms with Crippen LogP contribution in [0.5, 0.6) is 11.5 Å². The van der Waals surface area contributed by atoms with Crippen molar-refractivity contribution in [2.75, 3.05) is 17.3 Å². The summed E-state index contributed by atoms with van der Waals surface area (Å²) in [4.78, 5) is 15.8. The molecule has 0 spiro atoms. The van der Waals surface area contributed by atoms with E-state index < -0.39 is 17.7 Å². The van der Waals surface area contributed by atoms with Crippen LogP contribution in [0, 0.1) is 19.8 Å². The third-order valence-electron chi connectivity index (χ3n) is 6.69. The first-order chi connectivity index (χ1) is 16.7. The minimum absolute atomic E-state index is 0.181. The number of nitrogens with zero attached hydrogens (tertiary/aromatic N) is 1. The number of amides is 1. The molecule has 0 aliphatic carbocycles. The van der Waals surface area contributed by atoms with Crippen molar-refractivity contribution in [3.63, 3.8) is 0 Å². The summed E-state index contributed by atoms with van der Waals surface area (Å²) in [7, 11) is 1.61. The number of hydrogen-bond donors (Lipinski definition) is 2. The quantitative estimate of drug-likeness (QED) is 0.437. The van der Waals surface area contributed by atoms with E-state index in [1.807, 2.05) is 80.3 Å². The molecule has 1 amide bonds. The van der Waals surface area contributed by atoms with Crippen LogP contribution in [0.1, 0.15) is 29.7 Å². The molecule has 2 N–H and O–H groups in total. The van der Waals surface area contributed by atoms with Crippen molar-refractivity contribution in [3.05, 3.63) is 82.4 Å². The van der Waals surface area contributed by atoms with Crippen LogP contribution in [-0.2, 0) is 4.79 Å². The molecule has 0 saturated carbocycles. The number of thiocarbonyl (C=S) groups is 1. The van der Waals surface area contributed by atoms with E-state index in [0.29, 0.717) is 21.6 Å². The largest absolute Gasteiger partial charge is 0.497 e. The lowest BCUT2D eigenvalue weighted by molar-refractivity contribution is -0.130. The highest BCUT2D eigenvalue weighted by atomic mass is 35.5. The predicted molar refractivity (Wildman–Crippen MR) is 142 cm³/mol. The first-order valence-electron chi connectivity index (χ1n) is 11.3. The van der Waals surface area contributed by atoms with Crippen molar-refractivity contribution >= 4 is 46.2 Å². The molecule has 35 heavy (non-hydrogen) atoms. The van der Waals surface area contributed by atoms with Crippen molar-refractivity contribution in [1.82, 2.24) is 5.32 Å². The van der Waals surface area contributed by atoms with Crippen molar-refractivity contribution in [1.29, 1.82) is 0 Å². The number of methoxy groups -OCH3 is 1. The highest BCUT2D eigenvalue weighted by Crippen LogP contribution is 2.50. The maximum atomic E-state index is 14.0. The fraction of sp³-hybridized carbons (Fsp3) is 0.259. The smallest absolute Gasteiger partial charge is 0.236 e. The Labute approximate surface area is 215 Å².